The molecule has 0 aliphatic heterocycles. The Morgan fingerprint density at radius 2 is 2.28 bits per heavy atom. The highest BCUT2D eigenvalue weighted by Crippen LogP contribution is 2.49. The van der Waals surface area contributed by atoms with Gasteiger partial charge >= 0.3 is 0 Å². The van der Waals surface area contributed by atoms with Crippen molar-refractivity contribution in [1.82, 2.24) is 0 Å². The van der Waals surface area contributed by atoms with Gasteiger partial charge in [-0.05, 0) is 37.0 Å². The van der Waals surface area contributed by atoms with E-state index in [-0.39, 0.29) is 17.9 Å². The Labute approximate surface area is 107 Å². The number of anilines is 1. The zero-order chi connectivity index (χ0) is 13.0. The second-order valence-corrected chi connectivity index (χ2v) is 4.84. The van der Waals surface area contributed by atoms with Crippen molar-refractivity contribution in [2.45, 2.75) is 25.9 Å². The van der Waals surface area contributed by atoms with Crippen molar-refractivity contribution in [3.63, 3.8) is 0 Å². The van der Waals surface area contributed by atoms with Gasteiger partial charge < -0.3 is 15.2 Å². The monoisotopic (exact) mass is 249 g/mol. The van der Waals surface area contributed by atoms with Gasteiger partial charge in [0.15, 0.2) is 0 Å². The molecule has 4 heteroatoms. The van der Waals surface area contributed by atoms with Gasteiger partial charge in [-0.25, -0.2) is 0 Å². The lowest BCUT2D eigenvalue weighted by Gasteiger charge is -2.15. The van der Waals surface area contributed by atoms with Crippen LogP contribution in [0.5, 0.6) is 0 Å². The maximum Gasteiger partial charge on any atom is 0.230 e. The molecular formula is C14H19NO3. The molecule has 1 aliphatic rings. The molecule has 0 spiro atoms. The van der Waals surface area contributed by atoms with Crippen LogP contribution in [0.2, 0.25) is 0 Å². The number of aliphatic hydroxyl groups excluding tert-OH is 1. The largest absolute Gasteiger partial charge is 0.392 e. The lowest BCUT2D eigenvalue weighted by Crippen LogP contribution is -2.25. The van der Waals surface area contributed by atoms with Crippen molar-refractivity contribution in [2.75, 3.05) is 19.0 Å². The fourth-order valence-electron chi connectivity index (χ4n) is 2.05. The number of aliphatic hydroxyl groups is 1. The van der Waals surface area contributed by atoms with Crippen LogP contribution >= 0.6 is 0 Å². The maximum atomic E-state index is 12.2. The van der Waals surface area contributed by atoms with Crippen molar-refractivity contribution >= 4 is 11.6 Å². The van der Waals surface area contributed by atoms with E-state index in [2.05, 4.69) is 5.32 Å². The molecule has 1 amide bonds. The minimum atomic E-state index is -0.231. The molecule has 0 aromatic heterocycles. The molecule has 0 heterocycles. The lowest BCUT2D eigenvalue weighted by atomic mass is 10.0. The zero-order valence-electron chi connectivity index (χ0n) is 10.6. The zero-order valence-corrected chi connectivity index (χ0v) is 10.6. The molecule has 2 rings (SSSR count). The van der Waals surface area contributed by atoms with Gasteiger partial charge in [-0.2, -0.15) is 0 Å². The van der Waals surface area contributed by atoms with Crippen molar-refractivity contribution in [2.24, 2.45) is 5.41 Å². The number of hydrogen-bond acceptors (Lipinski definition) is 3. The number of methoxy groups -OCH3 is 1. The highest BCUT2D eigenvalue weighted by atomic mass is 16.5. The molecule has 1 aromatic rings. The highest BCUT2D eigenvalue weighted by Gasteiger charge is 2.49. The number of benzene rings is 1. The van der Waals surface area contributed by atoms with Crippen LogP contribution in [0, 0.1) is 5.41 Å². The number of nitrogens with one attached hydrogen (secondary N) is 1. The molecule has 1 fully saturated rings. The first-order chi connectivity index (χ1) is 8.70. The number of carbonyl (C=O) groups is 1. The Kier molecular flexibility index (Phi) is 3.99. The van der Waals surface area contributed by atoms with Crippen LogP contribution < -0.4 is 5.32 Å². The summed E-state index contributed by atoms with van der Waals surface area (Å²) < 4.78 is 5.04. The van der Waals surface area contributed by atoms with Crippen molar-refractivity contribution in [1.29, 1.82) is 0 Å². The van der Waals surface area contributed by atoms with Crippen molar-refractivity contribution in [3.05, 3.63) is 29.8 Å². The predicted molar refractivity (Wildman–Crippen MR) is 69.2 cm³/mol. The number of carbonyl (C=O) groups excluding carboxylic acids is 1. The van der Waals surface area contributed by atoms with Crippen LogP contribution in [0.3, 0.4) is 0 Å². The number of rotatable bonds is 6. The van der Waals surface area contributed by atoms with E-state index in [1.165, 1.54) is 0 Å². The quantitative estimate of drug-likeness (QED) is 0.810. The summed E-state index contributed by atoms with van der Waals surface area (Å²) in [5, 5.41) is 12.0. The smallest absolute Gasteiger partial charge is 0.230 e. The summed E-state index contributed by atoms with van der Waals surface area (Å²) >= 11 is 0. The Bertz CT molecular complexity index is 427. The van der Waals surface area contributed by atoms with E-state index in [1.54, 1.807) is 13.2 Å². The minimum absolute atomic E-state index is 0.0153. The third kappa shape index (κ3) is 2.89. The van der Waals surface area contributed by atoms with Crippen molar-refractivity contribution in [3.8, 4) is 0 Å². The highest BCUT2D eigenvalue weighted by molar-refractivity contribution is 5.97. The maximum absolute atomic E-state index is 12.2. The number of ether oxygens (including phenoxy) is 1. The summed E-state index contributed by atoms with van der Waals surface area (Å²) in [6.45, 7) is 0.600. The van der Waals surface area contributed by atoms with Crippen LogP contribution in [-0.2, 0) is 16.1 Å². The second-order valence-electron chi connectivity index (χ2n) is 4.84. The molecule has 98 valence electrons. The normalized spacial score (nSPS) is 16.3. The first kappa shape index (κ1) is 13.1. The lowest BCUT2D eigenvalue weighted by molar-refractivity contribution is -0.121. The summed E-state index contributed by atoms with van der Waals surface area (Å²) in [6.07, 6.45) is 2.64. The van der Waals surface area contributed by atoms with Gasteiger partial charge in [0.1, 0.15) is 0 Å². The van der Waals surface area contributed by atoms with Crippen LogP contribution in [0.1, 0.15) is 24.8 Å². The first-order valence-electron chi connectivity index (χ1n) is 6.20. The van der Waals surface area contributed by atoms with Gasteiger partial charge in [-0.15, -0.1) is 0 Å². The molecule has 0 atom stereocenters. The summed E-state index contributed by atoms with van der Waals surface area (Å²) in [4.78, 5) is 12.2. The molecule has 1 saturated carbocycles. The topological polar surface area (TPSA) is 58.6 Å². The molecule has 4 nitrogen and oxygen atoms in total. The first-order valence-corrected chi connectivity index (χ1v) is 6.20. The predicted octanol–water partition coefficient (Wildman–Crippen LogP) is 1.93. The van der Waals surface area contributed by atoms with E-state index in [9.17, 15) is 4.79 Å². The van der Waals surface area contributed by atoms with Gasteiger partial charge in [-0.3, -0.25) is 4.79 Å². The third-order valence-electron chi connectivity index (χ3n) is 3.49. The number of hydrogen-bond donors (Lipinski definition) is 2. The Balaban J connectivity index is 1.98. The van der Waals surface area contributed by atoms with E-state index >= 15 is 0 Å². The van der Waals surface area contributed by atoms with Gasteiger partial charge in [0.05, 0.1) is 12.0 Å². The molecule has 0 radical (unpaired) electrons. The molecule has 1 aliphatic carbocycles. The fourth-order valence-corrected chi connectivity index (χ4v) is 2.05. The standard InChI is InChI=1S/C14H19NO3/c1-18-8-7-14(5-6-14)13(17)15-12-4-2-3-11(9-12)10-16/h2-4,9,16H,5-8,10H2,1H3,(H,15,17). The molecule has 18 heavy (non-hydrogen) atoms. The average molecular weight is 249 g/mol. The Hall–Kier alpha value is -1.39. The second kappa shape index (κ2) is 5.50. The number of amides is 1. The molecule has 0 saturated heterocycles. The van der Waals surface area contributed by atoms with Crippen LogP contribution in [0.4, 0.5) is 5.69 Å². The van der Waals surface area contributed by atoms with Crippen LogP contribution in [-0.4, -0.2) is 24.7 Å². The van der Waals surface area contributed by atoms with Gasteiger partial charge in [0.2, 0.25) is 5.91 Å². The Morgan fingerprint density at radius 3 is 2.89 bits per heavy atom. The third-order valence-corrected chi connectivity index (χ3v) is 3.49. The van der Waals surface area contributed by atoms with Gasteiger partial charge in [0, 0.05) is 19.4 Å². The van der Waals surface area contributed by atoms with E-state index in [4.69, 9.17) is 9.84 Å². The van der Waals surface area contributed by atoms with E-state index < -0.39 is 0 Å². The summed E-state index contributed by atoms with van der Waals surface area (Å²) in [7, 11) is 1.65. The van der Waals surface area contributed by atoms with Gasteiger partial charge in [0.25, 0.3) is 0 Å². The molecular weight excluding hydrogens is 230 g/mol. The molecule has 0 bridgehead atoms. The summed E-state index contributed by atoms with van der Waals surface area (Å²) in [5.41, 5.74) is 1.32. The van der Waals surface area contributed by atoms with E-state index in [0.717, 1.165) is 30.5 Å². The molecule has 2 N–H and O–H groups in total. The Morgan fingerprint density at radius 1 is 1.50 bits per heavy atom. The SMILES string of the molecule is COCCC1(C(=O)Nc2cccc(CO)c2)CC1. The molecule has 0 unspecified atom stereocenters. The average Bonchev–Trinajstić information content (AvgIpc) is 3.18. The van der Waals surface area contributed by atoms with Gasteiger partial charge in [-0.1, -0.05) is 12.1 Å². The summed E-state index contributed by atoms with van der Waals surface area (Å²) in [5.74, 6) is 0.0645. The van der Waals surface area contributed by atoms with E-state index in [1.807, 2.05) is 18.2 Å². The minimum Gasteiger partial charge on any atom is -0.392 e. The fraction of sp³-hybridized carbons (Fsp3) is 0.500. The van der Waals surface area contributed by atoms with E-state index in [0.29, 0.717) is 6.61 Å². The summed E-state index contributed by atoms with van der Waals surface area (Å²) in [6, 6.07) is 7.29. The van der Waals surface area contributed by atoms with Crippen LogP contribution in [0.25, 0.3) is 0 Å². The van der Waals surface area contributed by atoms with Crippen LogP contribution in [0.15, 0.2) is 24.3 Å². The van der Waals surface area contributed by atoms with Crippen molar-refractivity contribution < 1.29 is 14.6 Å². The molecule has 1 aromatic carbocycles.